The minimum atomic E-state index is 0.163. The third kappa shape index (κ3) is 1.68. The van der Waals surface area contributed by atoms with Gasteiger partial charge in [-0.3, -0.25) is 0 Å². The molecule has 0 radical (unpaired) electrons. The second-order valence-electron chi connectivity index (χ2n) is 3.61. The van der Waals surface area contributed by atoms with Crippen molar-refractivity contribution in [3.8, 4) is 5.75 Å². The van der Waals surface area contributed by atoms with Crippen molar-refractivity contribution in [1.82, 2.24) is 0 Å². The molecule has 70 valence electrons. The summed E-state index contributed by atoms with van der Waals surface area (Å²) in [7, 11) is 1.69. The van der Waals surface area contributed by atoms with E-state index in [1.165, 1.54) is 12.8 Å². The van der Waals surface area contributed by atoms with Crippen LogP contribution >= 0.6 is 0 Å². The molecule has 1 aromatic rings. The molecule has 0 aliphatic heterocycles. The standard InChI is InChI=1S/C11H15NO/c1-13-10-5-3-2-4-9(10)11(12)8-6-7-8/h2-5,8,11H,6-7,12H2,1H3/t11-/m0/s1. The van der Waals surface area contributed by atoms with Gasteiger partial charge in [0.15, 0.2) is 0 Å². The number of para-hydroxylation sites is 1. The van der Waals surface area contributed by atoms with E-state index in [0.29, 0.717) is 5.92 Å². The molecule has 2 nitrogen and oxygen atoms in total. The zero-order valence-electron chi connectivity index (χ0n) is 7.86. The number of rotatable bonds is 3. The van der Waals surface area contributed by atoms with Gasteiger partial charge >= 0.3 is 0 Å². The average molecular weight is 177 g/mol. The van der Waals surface area contributed by atoms with E-state index < -0.39 is 0 Å². The summed E-state index contributed by atoms with van der Waals surface area (Å²) in [5.41, 5.74) is 7.24. The van der Waals surface area contributed by atoms with Crippen LogP contribution < -0.4 is 10.5 Å². The van der Waals surface area contributed by atoms with Crippen molar-refractivity contribution in [2.45, 2.75) is 18.9 Å². The molecule has 0 heterocycles. The van der Waals surface area contributed by atoms with Gasteiger partial charge in [-0.05, 0) is 24.8 Å². The van der Waals surface area contributed by atoms with Crippen LogP contribution in [0, 0.1) is 5.92 Å². The molecular weight excluding hydrogens is 162 g/mol. The Hall–Kier alpha value is -1.02. The smallest absolute Gasteiger partial charge is 0.123 e. The second kappa shape index (κ2) is 3.38. The molecule has 1 saturated carbocycles. The summed E-state index contributed by atoms with van der Waals surface area (Å²) in [5.74, 6) is 1.60. The zero-order chi connectivity index (χ0) is 9.26. The van der Waals surface area contributed by atoms with Crippen molar-refractivity contribution >= 4 is 0 Å². The molecule has 2 heteroatoms. The van der Waals surface area contributed by atoms with Gasteiger partial charge in [0, 0.05) is 11.6 Å². The van der Waals surface area contributed by atoms with Crippen LogP contribution in [-0.4, -0.2) is 7.11 Å². The number of ether oxygens (including phenoxy) is 1. The van der Waals surface area contributed by atoms with E-state index in [-0.39, 0.29) is 6.04 Å². The van der Waals surface area contributed by atoms with Crippen LogP contribution in [0.4, 0.5) is 0 Å². The molecule has 2 N–H and O–H groups in total. The molecule has 1 aliphatic carbocycles. The highest BCUT2D eigenvalue weighted by Crippen LogP contribution is 2.41. The van der Waals surface area contributed by atoms with E-state index in [4.69, 9.17) is 10.5 Å². The zero-order valence-corrected chi connectivity index (χ0v) is 7.86. The van der Waals surface area contributed by atoms with E-state index >= 15 is 0 Å². The molecule has 0 bridgehead atoms. The Morgan fingerprint density at radius 1 is 1.38 bits per heavy atom. The molecule has 0 spiro atoms. The van der Waals surface area contributed by atoms with E-state index in [1.807, 2.05) is 18.2 Å². The maximum absolute atomic E-state index is 6.10. The highest BCUT2D eigenvalue weighted by molar-refractivity contribution is 5.36. The van der Waals surface area contributed by atoms with E-state index in [1.54, 1.807) is 7.11 Å². The van der Waals surface area contributed by atoms with Gasteiger partial charge in [0.05, 0.1) is 7.11 Å². The molecule has 0 aromatic heterocycles. The normalized spacial score (nSPS) is 18.3. The number of methoxy groups -OCH3 is 1. The maximum atomic E-state index is 6.10. The monoisotopic (exact) mass is 177 g/mol. The Bertz CT molecular complexity index is 294. The molecule has 0 unspecified atom stereocenters. The average Bonchev–Trinajstić information content (AvgIpc) is 3.00. The summed E-state index contributed by atoms with van der Waals surface area (Å²) in [6.07, 6.45) is 2.53. The van der Waals surface area contributed by atoms with Crippen LogP contribution in [-0.2, 0) is 0 Å². The minimum absolute atomic E-state index is 0.163. The number of benzene rings is 1. The third-order valence-corrected chi connectivity index (χ3v) is 2.63. The SMILES string of the molecule is COc1ccccc1[C@@H](N)C1CC1. The fraction of sp³-hybridized carbons (Fsp3) is 0.455. The second-order valence-corrected chi connectivity index (χ2v) is 3.61. The van der Waals surface area contributed by atoms with Gasteiger partial charge in [-0.25, -0.2) is 0 Å². The quantitative estimate of drug-likeness (QED) is 0.767. The summed E-state index contributed by atoms with van der Waals surface area (Å²) >= 11 is 0. The molecular formula is C11H15NO. The Labute approximate surface area is 78.7 Å². The van der Waals surface area contributed by atoms with Gasteiger partial charge in [-0.2, -0.15) is 0 Å². The summed E-state index contributed by atoms with van der Waals surface area (Å²) in [4.78, 5) is 0. The highest BCUT2D eigenvalue weighted by Gasteiger charge is 2.30. The molecule has 1 aliphatic rings. The molecule has 0 saturated heterocycles. The van der Waals surface area contributed by atoms with Crippen molar-refractivity contribution in [2.75, 3.05) is 7.11 Å². The maximum Gasteiger partial charge on any atom is 0.123 e. The molecule has 0 amide bonds. The van der Waals surface area contributed by atoms with Crippen molar-refractivity contribution in [3.63, 3.8) is 0 Å². The predicted molar refractivity (Wildman–Crippen MR) is 52.6 cm³/mol. The van der Waals surface area contributed by atoms with Crippen LogP contribution in [0.5, 0.6) is 5.75 Å². The van der Waals surface area contributed by atoms with Gasteiger partial charge in [-0.15, -0.1) is 0 Å². The lowest BCUT2D eigenvalue weighted by Gasteiger charge is -2.14. The Morgan fingerprint density at radius 2 is 2.08 bits per heavy atom. The van der Waals surface area contributed by atoms with E-state index in [9.17, 15) is 0 Å². The van der Waals surface area contributed by atoms with Crippen LogP contribution in [0.25, 0.3) is 0 Å². The minimum Gasteiger partial charge on any atom is -0.496 e. The molecule has 1 atom stereocenters. The Balaban J connectivity index is 2.26. The first-order valence-corrected chi connectivity index (χ1v) is 4.71. The summed E-state index contributed by atoms with van der Waals surface area (Å²) in [5, 5.41) is 0. The summed E-state index contributed by atoms with van der Waals surface area (Å²) < 4.78 is 5.26. The van der Waals surface area contributed by atoms with Crippen LogP contribution in [0.3, 0.4) is 0 Å². The first-order valence-electron chi connectivity index (χ1n) is 4.71. The Morgan fingerprint density at radius 3 is 2.69 bits per heavy atom. The van der Waals surface area contributed by atoms with E-state index in [0.717, 1.165) is 11.3 Å². The topological polar surface area (TPSA) is 35.2 Å². The number of hydrogen-bond acceptors (Lipinski definition) is 2. The van der Waals surface area contributed by atoms with Crippen molar-refractivity contribution < 1.29 is 4.74 Å². The highest BCUT2D eigenvalue weighted by atomic mass is 16.5. The van der Waals surface area contributed by atoms with Crippen molar-refractivity contribution in [3.05, 3.63) is 29.8 Å². The van der Waals surface area contributed by atoms with Gasteiger partial charge in [0.1, 0.15) is 5.75 Å². The molecule has 13 heavy (non-hydrogen) atoms. The first-order chi connectivity index (χ1) is 6.33. The molecule has 1 fully saturated rings. The van der Waals surface area contributed by atoms with E-state index in [2.05, 4.69) is 6.07 Å². The fourth-order valence-electron chi connectivity index (χ4n) is 1.65. The van der Waals surface area contributed by atoms with Crippen LogP contribution in [0.2, 0.25) is 0 Å². The first kappa shape index (κ1) is 8.57. The molecule has 2 rings (SSSR count). The largest absolute Gasteiger partial charge is 0.496 e. The lowest BCUT2D eigenvalue weighted by atomic mass is 10.0. The van der Waals surface area contributed by atoms with Crippen LogP contribution in [0.1, 0.15) is 24.4 Å². The lowest BCUT2D eigenvalue weighted by molar-refractivity contribution is 0.403. The summed E-state index contributed by atoms with van der Waals surface area (Å²) in [6.45, 7) is 0. The van der Waals surface area contributed by atoms with Gasteiger partial charge in [0.2, 0.25) is 0 Å². The number of nitrogens with two attached hydrogens (primary N) is 1. The predicted octanol–water partition coefficient (Wildman–Crippen LogP) is 2.10. The van der Waals surface area contributed by atoms with Crippen molar-refractivity contribution in [2.24, 2.45) is 11.7 Å². The van der Waals surface area contributed by atoms with Crippen molar-refractivity contribution in [1.29, 1.82) is 0 Å². The number of hydrogen-bond donors (Lipinski definition) is 1. The Kier molecular flexibility index (Phi) is 2.23. The third-order valence-electron chi connectivity index (χ3n) is 2.63. The summed E-state index contributed by atoms with van der Waals surface area (Å²) in [6, 6.07) is 8.18. The fourth-order valence-corrected chi connectivity index (χ4v) is 1.65. The van der Waals surface area contributed by atoms with Crippen LogP contribution in [0.15, 0.2) is 24.3 Å². The molecule has 1 aromatic carbocycles. The lowest BCUT2D eigenvalue weighted by Crippen LogP contribution is -2.13. The van der Waals surface area contributed by atoms with Gasteiger partial charge in [0.25, 0.3) is 0 Å². The van der Waals surface area contributed by atoms with Gasteiger partial charge < -0.3 is 10.5 Å². The van der Waals surface area contributed by atoms with Gasteiger partial charge in [-0.1, -0.05) is 18.2 Å².